The van der Waals surface area contributed by atoms with Crippen LogP contribution in [0.4, 0.5) is 17.6 Å². The van der Waals surface area contributed by atoms with Gasteiger partial charge in [0.25, 0.3) is 5.91 Å². The number of rotatable bonds is 8. The van der Waals surface area contributed by atoms with E-state index in [9.17, 15) is 27.9 Å². The molecule has 2 atom stereocenters. The Morgan fingerprint density at radius 2 is 1.88 bits per heavy atom. The second kappa shape index (κ2) is 11.4. The molecule has 3 aliphatic rings. The highest BCUT2D eigenvalue weighted by molar-refractivity contribution is 5.99. The largest absolute Gasteiger partial charge is 0.492 e. The molecule has 1 aliphatic carbocycles. The lowest BCUT2D eigenvalue weighted by Gasteiger charge is -2.47. The summed E-state index contributed by atoms with van der Waals surface area (Å²) in [5.41, 5.74) is 3.10. The number of aliphatic hydroxyl groups is 1. The van der Waals surface area contributed by atoms with Crippen LogP contribution in [0.1, 0.15) is 55.8 Å². The van der Waals surface area contributed by atoms with E-state index < -0.39 is 40.9 Å². The third kappa shape index (κ3) is 5.83. The number of nitrogens with two attached hydrogens (primary N) is 1. The van der Waals surface area contributed by atoms with E-state index >= 15 is 4.39 Å². The quantitative estimate of drug-likeness (QED) is 0.446. The number of nitrogens with zero attached hydrogens (tertiary/aromatic N) is 3. The Bertz CT molecular complexity index is 1310. The Morgan fingerprint density at radius 3 is 2.43 bits per heavy atom. The third-order valence-corrected chi connectivity index (χ3v) is 9.26. The van der Waals surface area contributed by atoms with E-state index in [2.05, 4.69) is 4.98 Å². The van der Waals surface area contributed by atoms with E-state index in [1.807, 2.05) is 4.90 Å². The van der Waals surface area contributed by atoms with Crippen molar-refractivity contribution >= 4 is 11.8 Å². The van der Waals surface area contributed by atoms with Crippen LogP contribution in [0, 0.1) is 17.2 Å². The summed E-state index contributed by atoms with van der Waals surface area (Å²) < 4.78 is 61.5. The summed E-state index contributed by atoms with van der Waals surface area (Å²) in [6.45, 7) is 3.12. The monoisotopic (exact) mass is 592 g/mol. The van der Waals surface area contributed by atoms with Gasteiger partial charge in [-0.15, -0.1) is 0 Å². The molecule has 8 nitrogen and oxygen atoms in total. The van der Waals surface area contributed by atoms with Crippen molar-refractivity contribution in [3.63, 3.8) is 0 Å². The lowest BCUT2D eigenvalue weighted by atomic mass is 9.67. The maximum absolute atomic E-state index is 15.1. The van der Waals surface area contributed by atoms with Gasteiger partial charge in [-0.25, -0.2) is 4.39 Å². The number of amides is 2. The molecule has 2 aliphatic heterocycles. The van der Waals surface area contributed by atoms with Crippen LogP contribution in [0.25, 0.3) is 11.3 Å². The lowest BCUT2D eigenvalue weighted by molar-refractivity contribution is -0.256. The van der Waals surface area contributed by atoms with Crippen molar-refractivity contribution < 1.29 is 37.0 Å². The molecule has 2 unspecified atom stereocenters. The number of β-amino-alcohol motifs (C(OH)–C–C–N with tert-alkyl or cyclic N) is 1. The molecule has 0 bridgehead atoms. The Hall–Kier alpha value is -3.25. The van der Waals surface area contributed by atoms with Crippen molar-refractivity contribution in [2.75, 3.05) is 32.8 Å². The topological polar surface area (TPSA) is 109 Å². The molecule has 12 heteroatoms. The minimum Gasteiger partial charge on any atom is -0.492 e. The molecule has 228 valence electrons. The highest BCUT2D eigenvalue weighted by atomic mass is 19.4. The van der Waals surface area contributed by atoms with Crippen molar-refractivity contribution in [1.29, 1.82) is 0 Å². The summed E-state index contributed by atoms with van der Waals surface area (Å²) in [4.78, 5) is 32.4. The third-order valence-electron chi connectivity index (χ3n) is 9.26. The van der Waals surface area contributed by atoms with Crippen molar-refractivity contribution in [1.82, 2.24) is 14.8 Å². The molecule has 2 saturated heterocycles. The van der Waals surface area contributed by atoms with Crippen molar-refractivity contribution in [3.8, 4) is 17.0 Å². The zero-order chi connectivity index (χ0) is 30.3. The summed E-state index contributed by atoms with van der Waals surface area (Å²) in [6.07, 6.45) is -0.990. The van der Waals surface area contributed by atoms with Crippen molar-refractivity contribution in [3.05, 3.63) is 47.9 Å². The maximum Gasteiger partial charge on any atom is 0.395 e. The van der Waals surface area contributed by atoms with E-state index in [1.165, 1.54) is 30.2 Å². The second-order valence-corrected chi connectivity index (χ2v) is 12.1. The van der Waals surface area contributed by atoms with Gasteiger partial charge in [-0.3, -0.25) is 14.6 Å². The maximum atomic E-state index is 15.1. The normalized spacial score (nSPS) is 24.8. The van der Waals surface area contributed by atoms with Gasteiger partial charge in [0.05, 0.1) is 30.0 Å². The number of benzene rings is 1. The van der Waals surface area contributed by atoms with Crippen LogP contribution in [-0.4, -0.2) is 82.3 Å². The van der Waals surface area contributed by atoms with Gasteiger partial charge in [-0.1, -0.05) is 6.42 Å². The number of carbonyl (C=O) groups is 2. The molecule has 3 fully saturated rings. The van der Waals surface area contributed by atoms with Crippen LogP contribution >= 0.6 is 0 Å². The summed E-state index contributed by atoms with van der Waals surface area (Å²) in [5, 5.41) is 10.0. The number of aliphatic hydroxyl groups excluding tert-OH is 1. The van der Waals surface area contributed by atoms with Crippen LogP contribution in [0.2, 0.25) is 0 Å². The zero-order valence-electron chi connectivity index (χ0n) is 23.5. The molecule has 42 heavy (non-hydrogen) atoms. The number of likely N-dealkylation sites (tertiary alicyclic amines) is 2. The SMILES string of the molecule is CC1(C(N)=O)CC(O)CN1C(=O)c1ccc(-c2ccc(OCC3CCN(CC4(C(F)(F)F)CCC4)CC3)cn2)c(F)c1. The summed E-state index contributed by atoms with van der Waals surface area (Å²) >= 11 is 0. The Labute approximate surface area is 241 Å². The standard InChI is InChI=1S/C30H36F4N4O4/c1-28(27(35)41)14-21(39)16-38(28)26(40)20-3-5-23(24(31)13-20)25-6-4-22(15-36-25)42-17-19-7-11-37(12-8-19)18-29(9-2-10-29)30(32,33)34/h3-6,13,15,19,21,39H,2,7-12,14,16-18H2,1H3,(H2,35,41). The minimum atomic E-state index is -4.15. The molecule has 1 aromatic carbocycles. The molecule has 1 saturated carbocycles. The molecule has 1 aromatic heterocycles. The molecule has 5 rings (SSSR count). The van der Waals surface area contributed by atoms with Gasteiger partial charge in [0.2, 0.25) is 5.91 Å². The minimum absolute atomic E-state index is 0.00869. The Morgan fingerprint density at radius 1 is 1.17 bits per heavy atom. The van der Waals surface area contributed by atoms with Crippen LogP contribution in [-0.2, 0) is 4.79 Å². The molecule has 0 spiro atoms. The molecule has 0 radical (unpaired) electrons. The van der Waals surface area contributed by atoms with E-state index in [0.29, 0.717) is 37.6 Å². The summed E-state index contributed by atoms with van der Waals surface area (Å²) in [7, 11) is 0. The van der Waals surface area contributed by atoms with Crippen molar-refractivity contribution in [2.45, 2.75) is 63.3 Å². The fourth-order valence-electron chi connectivity index (χ4n) is 6.31. The van der Waals surface area contributed by atoms with Gasteiger partial charge in [-0.05, 0) is 81.9 Å². The number of aromatic nitrogens is 1. The van der Waals surface area contributed by atoms with Gasteiger partial charge in [0.1, 0.15) is 17.1 Å². The van der Waals surface area contributed by atoms with E-state index in [0.717, 1.165) is 18.9 Å². The van der Waals surface area contributed by atoms with Crippen LogP contribution in [0.15, 0.2) is 36.5 Å². The number of hydrogen-bond donors (Lipinski definition) is 2. The average molecular weight is 593 g/mol. The second-order valence-electron chi connectivity index (χ2n) is 12.1. The highest BCUT2D eigenvalue weighted by Gasteiger charge is 2.58. The highest BCUT2D eigenvalue weighted by Crippen LogP contribution is 2.53. The molecule has 2 aromatic rings. The average Bonchev–Trinajstić information content (AvgIpc) is 3.24. The first-order chi connectivity index (χ1) is 19.8. The predicted octanol–water partition coefficient (Wildman–Crippen LogP) is 4.16. The molecule has 3 N–H and O–H groups in total. The van der Waals surface area contributed by atoms with Crippen LogP contribution < -0.4 is 10.5 Å². The fourth-order valence-corrected chi connectivity index (χ4v) is 6.31. The van der Waals surface area contributed by atoms with Gasteiger partial charge in [0.15, 0.2) is 0 Å². The number of ether oxygens (including phenoxy) is 1. The first kappa shape index (κ1) is 30.2. The first-order valence-electron chi connectivity index (χ1n) is 14.3. The van der Waals surface area contributed by atoms with Crippen LogP contribution in [0.3, 0.4) is 0 Å². The number of carbonyl (C=O) groups excluding carboxylic acids is 2. The number of primary amides is 1. The van der Waals surface area contributed by atoms with Crippen LogP contribution in [0.5, 0.6) is 5.75 Å². The van der Waals surface area contributed by atoms with E-state index in [1.54, 1.807) is 12.1 Å². The van der Waals surface area contributed by atoms with Crippen molar-refractivity contribution in [2.24, 2.45) is 17.1 Å². The fraction of sp³-hybridized carbons (Fsp3) is 0.567. The molecular formula is C30H36F4N4O4. The number of pyridine rings is 1. The number of piperidine rings is 1. The molecule has 3 heterocycles. The number of hydrogen-bond acceptors (Lipinski definition) is 6. The van der Waals surface area contributed by atoms with Gasteiger partial charge in [0, 0.05) is 30.6 Å². The van der Waals surface area contributed by atoms with E-state index in [-0.39, 0.29) is 49.4 Å². The molecule has 2 amide bonds. The van der Waals surface area contributed by atoms with Gasteiger partial charge >= 0.3 is 6.18 Å². The number of halogens is 4. The Kier molecular flexibility index (Phi) is 8.23. The lowest BCUT2D eigenvalue weighted by Crippen LogP contribution is -2.53. The van der Waals surface area contributed by atoms with Gasteiger partial charge < -0.3 is 25.4 Å². The van der Waals surface area contributed by atoms with E-state index in [4.69, 9.17) is 10.5 Å². The Balaban J connectivity index is 1.14. The molecular weight excluding hydrogens is 556 g/mol. The predicted molar refractivity (Wildman–Crippen MR) is 146 cm³/mol. The summed E-state index contributed by atoms with van der Waals surface area (Å²) in [5.74, 6) is -1.31. The summed E-state index contributed by atoms with van der Waals surface area (Å²) in [6, 6.07) is 7.22. The number of alkyl halides is 3. The first-order valence-corrected chi connectivity index (χ1v) is 14.3. The smallest absolute Gasteiger partial charge is 0.395 e. The van der Waals surface area contributed by atoms with Gasteiger partial charge in [-0.2, -0.15) is 13.2 Å². The zero-order valence-corrected chi connectivity index (χ0v) is 23.5.